The number of fused-ring (bicyclic) bond motifs is 1. The summed E-state index contributed by atoms with van der Waals surface area (Å²) in [6, 6.07) is 6.01. The van der Waals surface area contributed by atoms with Crippen LogP contribution >= 0.6 is 23.1 Å². The highest BCUT2D eigenvalue weighted by Crippen LogP contribution is 2.27. The monoisotopic (exact) mass is 320 g/mol. The lowest BCUT2D eigenvalue weighted by atomic mass is 10.2. The number of thiazole rings is 1. The van der Waals surface area contributed by atoms with Crippen molar-refractivity contribution < 1.29 is 9.21 Å². The van der Waals surface area contributed by atoms with Crippen LogP contribution in [0, 0.1) is 13.8 Å². The predicted octanol–water partition coefficient (Wildman–Crippen LogP) is 3.03. The molecule has 2 heterocycles. The maximum atomic E-state index is 11.9. The van der Waals surface area contributed by atoms with E-state index in [1.54, 1.807) is 6.92 Å². The number of anilines is 1. The smallest absolute Gasteiger partial charge is 0.277 e. The largest absolute Gasteiger partial charge is 0.416 e. The molecule has 3 aromatic rings. The highest BCUT2D eigenvalue weighted by Gasteiger charge is 2.10. The number of nitrogens with one attached hydrogen (secondary N) is 1. The van der Waals surface area contributed by atoms with Gasteiger partial charge in [-0.05, 0) is 24.6 Å². The van der Waals surface area contributed by atoms with Gasteiger partial charge in [0.05, 0.1) is 16.0 Å². The van der Waals surface area contributed by atoms with E-state index in [4.69, 9.17) is 4.42 Å². The van der Waals surface area contributed by atoms with Crippen molar-refractivity contribution in [3.8, 4) is 0 Å². The fourth-order valence-corrected chi connectivity index (χ4v) is 3.29. The van der Waals surface area contributed by atoms with Crippen LogP contribution in [0.2, 0.25) is 0 Å². The van der Waals surface area contributed by atoms with Gasteiger partial charge in [-0.1, -0.05) is 29.2 Å². The Morgan fingerprint density at radius 3 is 3.00 bits per heavy atom. The van der Waals surface area contributed by atoms with Crippen LogP contribution < -0.4 is 5.32 Å². The van der Waals surface area contributed by atoms with Gasteiger partial charge in [-0.15, -0.1) is 10.2 Å². The van der Waals surface area contributed by atoms with Gasteiger partial charge in [0.25, 0.3) is 5.22 Å². The van der Waals surface area contributed by atoms with Crippen molar-refractivity contribution in [1.82, 2.24) is 15.2 Å². The normalized spacial score (nSPS) is 11.0. The van der Waals surface area contributed by atoms with Crippen LogP contribution in [-0.4, -0.2) is 26.8 Å². The molecule has 21 heavy (non-hydrogen) atoms. The molecule has 0 atom stereocenters. The molecule has 0 bridgehead atoms. The van der Waals surface area contributed by atoms with E-state index in [1.165, 1.54) is 28.7 Å². The average molecular weight is 320 g/mol. The Hall–Kier alpha value is -1.93. The third kappa shape index (κ3) is 3.40. The molecule has 2 aromatic heterocycles. The van der Waals surface area contributed by atoms with Gasteiger partial charge in [0.1, 0.15) is 0 Å². The first-order chi connectivity index (χ1) is 10.1. The second-order valence-corrected chi connectivity index (χ2v) is 6.37. The van der Waals surface area contributed by atoms with Crippen LogP contribution in [0.3, 0.4) is 0 Å². The number of carbonyl (C=O) groups is 1. The molecule has 1 aromatic carbocycles. The van der Waals surface area contributed by atoms with E-state index < -0.39 is 0 Å². The van der Waals surface area contributed by atoms with Gasteiger partial charge in [-0.2, -0.15) is 0 Å². The summed E-state index contributed by atoms with van der Waals surface area (Å²) >= 11 is 2.66. The molecule has 0 saturated carbocycles. The second-order valence-electron chi connectivity index (χ2n) is 4.41. The summed E-state index contributed by atoms with van der Waals surface area (Å²) < 4.78 is 6.25. The maximum absolute atomic E-state index is 11.9. The first kappa shape index (κ1) is 14.0. The van der Waals surface area contributed by atoms with E-state index in [0.717, 1.165) is 10.2 Å². The lowest BCUT2D eigenvalue weighted by Crippen LogP contribution is -2.13. The van der Waals surface area contributed by atoms with Gasteiger partial charge in [-0.3, -0.25) is 4.79 Å². The molecule has 6 nitrogen and oxygen atoms in total. The highest BCUT2D eigenvalue weighted by atomic mass is 32.2. The minimum atomic E-state index is -0.147. The number of amides is 1. The van der Waals surface area contributed by atoms with Gasteiger partial charge in [0, 0.05) is 6.92 Å². The van der Waals surface area contributed by atoms with Crippen LogP contribution in [0.1, 0.15) is 11.5 Å². The number of aryl methyl sites for hydroxylation is 2. The Labute approximate surface area is 129 Å². The SMILES string of the molecule is Cc1ccc2nc(NC(=O)CSc3nnc(C)o3)sc2c1. The first-order valence-electron chi connectivity index (χ1n) is 6.20. The topological polar surface area (TPSA) is 80.9 Å². The van der Waals surface area contributed by atoms with Crippen molar-refractivity contribution in [3.05, 3.63) is 29.7 Å². The number of hydrogen-bond donors (Lipinski definition) is 1. The zero-order valence-corrected chi connectivity index (χ0v) is 13.0. The molecular formula is C13H12N4O2S2. The molecule has 0 spiro atoms. The van der Waals surface area contributed by atoms with Gasteiger partial charge in [0.15, 0.2) is 5.13 Å². The average Bonchev–Trinajstić information content (AvgIpc) is 3.01. The second kappa shape index (κ2) is 5.82. The van der Waals surface area contributed by atoms with E-state index in [0.29, 0.717) is 16.2 Å². The molecule has 0 saturated heterocycles. The number of hydrogen-bond acceptors (Lipinski definition) is 7. The summed E-state index contributed by atoms with van der Waals surface area (Å²) in [5, 5.41) is 11.3. The van der Waals surface area contributed by atoms with Gasteiger partial charge in [-0.25, -0.2) is 4.98 Å². The molecule has 108 valence electrons. The molecule has 0 radical (unpaired) electrons. The fourth-order valence-electron chi connectivity index (χ4n) is 1.70. The molecule has 0 aliphatic carbocycles. The number of benzene rings is 1. The molecular weight excluding hydrogens is 308 g/mol. The van der Waals surface area contributed by atoms with Crippen molar-refractivity contribution in [3.63, 3.8) is 0 Å². The lowest BCUT2D eigenvalue weighted by Gasteiger charge is -1.98. The zero-order chi connectivity index (χ0) is 14.8. The third-order valence-corrected chi connectivity index (χ3v) is 4.38. The van der Waals surface area contributed by atoms with E-state index in [2.05, 4.69) is 26.6 Å². The van der Waals surface area contributed by atoms with Crippen LogP contribution in [0.4, 0.5) is 5.13 Å². The van der Waals surface area contributed by atoms with Gasteiger partial charge < -0.3 is 9.73 Å². The third-order valence-electron chi connectivity index (χ3n) is 2.62. The van der Waals surface area contributed by atoms with Gasteiger partial charge in [0.2, 0.25) is 11.8 Å². The maximum Gasteiger partial charge on any atom is 0.277 e. The number of aromatic nitrogens is 3. The number of nitrogens with zero attached hydrogens (tertiary/aromatic N) is 3. The minimum Gasteiger partial charge on any atom is -0.416 e. The van der Waals surface area contributed by atoms with Crippen molar-refractivity contribution in [2.75, 3.05) is 11.1 Å². The Kier molecular flexibility index (Phi) is 3.89. The van der Waals surface area contributed by atoms with Crippen molar-refractivity contribution >= 4 is 44.4 Å². The van der Waals surface area contributed by atoms with E-state index in [9.17, 15) is 4.79 Å². The zero-order valence-electron chi connectivity index (χ0n) is 11.4. The Morgan fingerprint density at radius 2 is 2.24 bits per heavy atom. The van der Waals surface area contributed by atoms with E-state index in [1.807, 2.05) is 19.1 Å². The molecule has 1 N–H and O–H groups in total. The predicted molar refractivity (Wildman–Crippen MR) is 82.7 cm³/mol. The Bertz CT molecular complexity index is 796. The summed E-state index contributed by atoms with van der Waals surface area (Å²) in [7, 11) is 0. The highest BCUT2D eigenvalue weighted by molar-refractivity contribution is 7.99. The molecule has 3 rings (SSSR count). The molecule has 0 aliphatic rings. The number of carbonyl (C=O) groups excluding carboxylic acids is 1. The summed E-state index contributed by atoms with van der Waals surface area (Å²) in [5.74, 6) is 0.544. The Morgan fingerprint density at radius 1 is 1.38 bits per heavy atom. The quantitative estimate of drug-likeness (QED) is 0.744. The summed E-state index contributed by atoms with van der Waals surface area (Å²) in [6.07, 6.45) is 0. The standard InChI is InChI=1S/C13H12N4O2S2/c1-7-3-4-9-10(5-7)21-12(14-9)15-11(18)6-20-13-17-16-8(2)19-13/h3-5H,6H2,1-2H3,(H,14,15,18). The van der Waals surface area contributed by atoms with Crippen molar-refractivity contribution in [2.24, 2.45) is 0 Å². The summed E-state index contributed by atoms with van der Waals surface area (Å²) in [4.78, 5) is 16.3. The van der Waals surface area contributed by atoms with Crippen LogP contribution in [0.25, 0.3) is 10.2 Å². The molecule has 8 heteroatoms. The number of thioether (sulfide) groups is 1. The summed E-state index contributed by atoms with van der Waals surface area (Å²) in [6.45, 7) is 3.74. The lowest BCUT2D eigenvalue weighted by molar-refractivity contribution is -0.113. The molecule has 0 fully saturated rings. The molecule has 0 aliphatic heterocycles. The first-order valence-corrected chi connectivity index (χ1v) is 8.00. The number of rotatable bonds is 4. The fraction of sp³-hybridized carbons (Fsp3) is 0.231. The Balaban J connectivity index is 1.63. The summed E-state index contributed by atoms with van der Waals surface area (Å²) in [5.41, 5.74) is 2.06. The van der Waals surface area contributed by atoms with Crippen molar-refractivity contribution in [2.45, 2.75) is 19.1 Å². The van der Waals surface area contributed by atoms with Crippen LogP contribution in [0.15, 0.2) is 27.8 Å². The van der Waals surface area contributed by atoms with Gasteiger partial charge >= 0.3 is 0 Å². The molecule has 0 unspecified atom stereocenters. The van der Waals surface area contributed by atoms with Crippen LogP contribution in [0.5, 0.6) is 0 Å². The van der Waals surface area contributed by atoms with E-state index in [-0.39, 0.29) is 11.7 Å². The van der Waals surface area contributed by atoms with Crippen LogP contribution in [-0.2, 0) is 4.79 Å². The van der Waals surface area contributed by atoms with E-state index >= 15 is 0 Å². The minimum absolute atomic E-state index is 0.147. The van der Waals surface area contributed by atoms with Crippen molar-refractivity contribution in [1.29, 1.82) is 0 Å². The molecule has 1 amide bonds.